The molecule has 0 saturated carbocycles. The summed E-state index contributed by atoms with van der Waals surface area (Å²) in [7, 11) is 2.28. The predicted molar refractivity (Wildman–Crippen MR) is 75.3 cm³/mol. The summed E-state index contributed by atoms with van der Waals surface area (Å²) in [5.74, 6) is 0. The molecular weight excluding hydrogens is 210 g/mol. The fraction of sp³-hybridized carbons (Fsp3) is 1.00. The largest absolute Gasteiger partial charge is 0.329 e. The molecule has 1 heterocycles. The summed E-state index contributed by atoms with van der Waals surface area (Å²) in [6, 6.07) is 0.687. The highest BCUT2D eigenvalue weighted by Gasteiger charge is 2.38. The molecule has 1 aliphatic rings. The topological polar surface area (TPSA) is 32.5 Å². The van der Waals surface area contributed by atoms with Gasteiger partial charge in [0.2, 0.25) is 0 Å². The second-order valence-corrected chi connectivity index (χ2v) is 5.44. The molecule has 0 radical (unpaired) electrons. The van der Waals surface area contributed by atoms with Crippen LogP contribution in [0.1, 0.15) is 46.5 Å². The van der Waals surface area contributed by atoms with Crippen LogP contribution >= 0.6 is 0 Å². The van der Waals surface area contributed by atoms with Crippen LogP contribution in [0.5, 0.6) is 0 Å². The van der Waals surface area contributed by atoms with E-state index in [0.717, 1.165) is 6.54 Å². The number of hydrogen-bond donors (Lipinski definition) is 1. The quantitative estimate of drug-likeness (QED) is 0.771. The van der Waals surface area contributed by atoms with Crippen LogP contribution in [0.4, 0.5) is 0 Å². The van der Waals surface area contributed by atoms with Crippen molar-refractivity contribution in [3.05, 3.63) is 0 Å². The summed E-state index contributed by atoms with van der Waals surface area (Å²) in [4.78, 5) is 5.12. The highest BCUT2D eigenvalue weighted by molar-refractivity contribution is 4.96. The molecule has 1 fully saturated rings. The lowest BCUT2D eigenvalue weighted by molar-refractivity contribution is 0.0152. The van der Waals surface area contributed by atoms with Crippen molar-refractivity contribution >= 4 is 0 Å². The molecule has 0 aliphatic carbocycles. The Morgan fingerprint density at radius 3 is 2.06 bits per heavy atom. The van der Waals surface area contributed by atoms with Crippen molar-refractivity contribution in [3.8, 4) is 0 Å². The van der Waals surface area contributed by atoms with E-state index in [2.05, 4.69) is 37.6 Å². The molecule has 1 aliphatic heterocycles. The number of hydrogen-bond acceptors (Lipinski definition) is 3. The smallest absolute Gasteiger partial charge is 0.0355 e. The molecular formula is C14H31N3. The zero-order chi connectivity index (χ0) is 12.9. The Hall–Kier alpha value is -0.120. The first kappa shape index (κ1) is 14.9. The molecule has 1 rings (SSSR count). The normalized spacial score (nSPS) is 21.4. The average molecular weight is 241 g/mol. The van der Waals surface area contributed by atoms with Gasteiger partial charge in [-0.1, -0.05) is 20.8 Å². The molecule has 0 aromatic carbocycles. The van der Waals surface area contributed by atoms with Gasteiger partial charge in [0, 0.05) is 18.1 Å². The number of piperidine rings is 1. The molecule has 0 aromatic heterocycles. The van der Waals surface area contributed by atoms with Gasteiger partial charge in [0.25, 0.3) is 0 Å². The van der Waals surface area contributed by atoms with Gasteiger partial charge in [0.15, 0.2) is 0 Å². The Kier molecular flexibility index (Phi) is 5.90. The molecule has 0 aromatic rings. The summed E-state index contributed by atoms with van der Waals surface area (Å²) in [6.07, 6.45) is 4.91. The minimum atomic E-state index is 0.252. The summed E-state index contributed by atoms with van der Waals surface area (Å²) >= 11 is 0. The Balaban J connectivity index is 2.69. The Bertz CT molecular complexity index is 206. The van der Waals surface area contributed by atoms with Crippen LogP contribution in [0.3, 0.4) is 0 Å². The molecule has 0 atom stereocenters. The maximum atomic E-state index is 6.11. The van der Waals surface area contributed by atoms with E-state index in [1.807, 2.05) is 0 Å². The zero-order valence-electron chi connectivity index (χ0n) is 12.2. The minimum Gasteiger partial charge on any atom is -0.329 e. The van der Waals surface area contributed by atoms with Crippen molar-refractivity contribution in [2.75, 3.05) is 33.2 Å². The van der Waals surface area contributed by atoms with Crippen LogP contribution in [-0.4, -0.2) is 54.6 Å². The molecule has 0 bridgehead atoms. The Morgan fingerprint density at radius 2 is 1.71 bits per heavy atom. The Labute approximate surface area is 107 Å². The van der Waals surface area contributed by atoms with Gasteiger partial charge in [0.1, 0.15) is 0 Å². The van der Waals surface area contributed by atoms with Crippen molar-refractivity contribution in [3.63, 3.8) is 0 Å². The molecule has 17 heavy (non-hydrogen) atoms. The van der Waals surface area contributed by atoms with Gasteiger partial charge in [-0.2, -0.15) is 0 Å². The molecule has 0 unspecified atom stereocenters. The predicted octanol–water partition coefficient (Wildman–Crippen LogP) is 1.92. The highest BCUT2D eigenvalue weighted by Crippen LogP contribution is 2.30. The maximum Gasteiger partial charge on any atom is 0.0355 e. The molecule has 0 amide bonds. The fourth-order valence-electron chi connectivity index (χ4n) is 3.21. The van der Waals surface area contributed by atoms with Gasteiger partial charge >= 0.3 is 0 Å². The summed E-state index contributed by atoms with van der Waals surface area (Å²) in [5, 5.41) is 0. The lowest BCUT2D eigenvalue weighted by Crippen LogP contribution is -2.60. The minimum absolute atomic E-state index is 0.252. The number of nitrogens with zero attached hydrogens (tertiary/aromatic N) is 2. The van der Waals surface area contributed by atoms with Crippen molar-refractivity contribution in [2.24, 2.45) is 5.73 Å². The van der Waals surface area contributed by atoms with Gasteiger partial charge < -0.3 is 10.6 Å². The van der Waals surface area contributed by atoms with Crippen molar-refractivity contribution < 1.29 is 0 Å². The molecule has 1 saturated heterocycles. The van der Waals surface area contributed by atoms with E-state index in [1.165, 1.54) is 45.3 Å². The van der Waals surface area contributed by atoms with E-state index < -0.39 is 0 Å². The molecule has 3 heteroatoms. The average Bonchev–Trinajstić information content (AvgIpc) is 2.40. The summed E-state index contributed by atoms with van der Waals surface area (Å²) in [5.41, 5.74) is 6.37. The second-order valence-electron chi connectivity index (χ2n) is 5.44. The van der Waals surface area contributed by atoms with Gasteiger partial charge in [0.05, 0.1) is 0 Å². The van der Waals surface area contributed by atoms with E-state index in [-0.39, 0.29) is 5.54 Å². The van der Waals surface area contributed by atoms with Crippen LogP contribution in [0.15, 0.2) is 0 Å². The summed E-state index contributed by atoms with van der Waals surface area (Å²) < 4.78 is 0. The maximum absolute atomic E-state index is 6.11. The first-order valence-electron chi connectivity index (χ1n) is 7.28. The lowest BCUT2D eigenvalue weighted by Gasteiger charge is -2.49. The van der Waals surface area contributed by atoms with Gasteiger partial charge in [-0.05, 0) is 52.4 Å². The van der Waals surface area contributed by atoms with Crippen LogP contribution in [0.25, 0.3) is 0 Å². The third kappa shape index (κ3) is 3.21. The summed E-state index contributed by atoms with van der Waals surface area (Å²) in [6.45, 7) is 11.2. The molecule has 2 N–H and O–H groups in total. The van der Waals surface area contributed by atoms with Crippen molar-refractivity contribution in [2.45, 2.75) is 58.0 Å². The van der Waals surface area contributed by atoms with E-state index in [9.17, 15) is 0 Å². The SMILES string of the molecule is CCC(CC)N(C)C1(CN)CCN(CC)CC1. The third-order valence-electron chi connectivity index (χ3n) is 4.85. The number of likely N-dealkylation sites (tertiary alicyclic amines) is 1. The van der Waals surface area contributed by atoms with E-state index in [1.54, 1.807) is 0 Å². The van der Waals surface area contributed by atoms with Gasteiger partial charge in [-0.15, -0.1) is 0 Å². The van der Waals surface area contributed by atoms with E-state index in [0.29, 0.717) is 6.04 Å². The number of likely N-dealkylation sites (N-methyl/N-ethyl adjacent to an activating group) is 1. The third-order valence-corrected chi connectivity index (χ3v) is 4.85. The van der Waals surface area contributed by atoms with Gasteiger partial charge in [-0.25, -0.2) is 0 Å². The number of nitrogens with two attached hydrogens (primary N) is 1. The fourth-order valence-corrected chi connectivity index (χ4v) is 3.21. The number of rotatable bonds is 6. The highest BCUT2D eigenvalue weighted by atomic mass is 15.2. The Morgan fingerprint density at radius 1 is 1.18 bits per heavy atom. The van der Waals surface area contributed by atoms with Crippen LogP contribution < -0.4 is 5.73 Å². The van der Waals surface area contributed by atoms with Crippen LogP contribution in [0, 0.1) is 0 Å². The first-order valence-corrected chi connectivity index (χ1v) is 7.28. The molecule has 3 nitrogen and oxygen atoms in total. The monoisotopic (exact) mass is 241 g/mol. The second kappa shape index (κ2) is 6.72. The standard InChI is InChI=1S/C14H31N3/c1-5-13(6-2)16(4)14(12-15)8-10-17(7-3)11-9-14/h13H,5-12,15H2,1-4H3. The first-order chi connectivity index (χ1) is 8.13. The van der Waals surface area contributed by atoms with Crippen LogP contribution in [0.2, 0.25) is 0 Å². The van der Waals surface area contributed by atoms with E-state index in [4.69, 9.17) is 5.73 Å². The van der Waals surface area contributed by atoms with Crippen molar-refractivity contribution in [1.29, 1.82) is 0 Å². The lowest BCUT2D eigenvalue weighted by atomic mass is 9.84. The zero-order valence-corrected chi connectivity index (χ0v) is 12.2. The van der Waals surface area contributed by atoms with Gasteiger partial charge in [-0.3, -0.25) is 4.90 Å². The van der Waals surface area contributed by atoms with Crippen molar-refractivity contribution in [1.82, 2.24) is 9.80 Å². The van der Waals surface area contributed by atoms with E-state index >= 15 is 0 Å². The van der Waals surface area contributed by atoms with Crippen LogP contribution in [-0.2, 0) is 0 Å². The molecule has 102 valence electrons. The molecule has 0 spiro atoms.